The number of nitrogens with one attached hydrogen (secondary N) is 1. The highest BCUT2D eigenvalue weighted by atomic mass is 32.1. The molecule has 0 saturated carbocycles. The van der Waals surface area contributed by atoms with Gasteiger partial charge >= 0.3 is 0 Å². The number of carbonyl (C=O) groups excluding carboxylic acids is 1. The van der Waals surface area contributed by atoms with E-state index in [0.717, 1.165) is 16.7 Å². The second-order valence-electron chi connectivity index (χ2n) is 4.53. The van der Waals surface area contributed by atoms with Crippen LogP contribution in [-0.2, 0) is 4.74 Å². The summed E-state index contributed by atoms with van der Waals surface area (Å²) in [5, 5.41) is 3.27. The number of nitrogens with zero attached hydrogens (tertiary/aromatic N) is 1. The van der Waals surface area contributed by atoms with Crippen molar-refractivity contribution in [2.24, 2.45) is 0 Å². The summed E-state index contributed by atoms with van der Waals surface area (Å²) in [6, 6.07) is 9.06. The van der Waals surface area contributed by atoms with Gasteiger partial charge in [0.2, 0.25) is 4.74 Å². The average molecular weight is 290 g/mol. The number of amides is 1. The van der Waals surface area contributed by atoms with E-state index >= 15 is 0 Å². The lowest BCUT2D eigenvalue weighted by atomic mass is 10.2. The Morgan fingerprint density at radius 2 is 2.00 bits per heavy atom. The minimum Gasteiger partial charge on any atom is -0.379 e. The van der Waals surface area contributed by atoms with Crippen LogP contribution in [0.3, 0.4) is 0 Å². The number of carbonyl (C=O) groups is 1. The minimum absolute atomic E-state index is 0.0878. The first kappa shape index (κ1) is 13.2. The van der Waals surface area contributed by atoms with Crippen molar-refractivity contribution in [2.75, 3.05) is 26.3 Å². The molecule has 1 fully saturated rings. The van der Waals surface area contributed by atoms with Crippen molar-refractivity contribution in [3.8, 4) is 0 Å². The van der Waals surface area contributed by atoms with Crippen molar-refractivity contribution >= 4 is 28.0 Å². The van der Waals surface area contributed by atoms with E-state index in [1.807, 2.05) is 23.2 Å². The Balaban J connectivity index is 1.86. The Bertz CT molecular complexity index is 692. The molecule has 0 atom stereocenters. The molecule has 6 heteroatoms. The number of hydrazine groups is 1. The molecular formula is C14H14N2O3S. The summed E-state index contributed by atoms with van der Waals surface area (Å²) in [6.45, 7) is 2.53. The Hall–Kier alpha value is -1.76. The summed E-state index contributed by atoms with van der Waals surface area (Å²) < 4.78 is 5.14. The molecule has 0 aliphatic carbocycles. The molecule has 1 saturated heterocycles. The fourth-order valence-electron chi connectivity index (χ4n) is 2.12. The smallest absolute Gasteiger partial charge is 0.275 e. The summed E-state index contributed by atoms with van der Waals surface area (Å²) in [6.07, 6.45) is 0. The van der Waals surface area contributed by atoms with Gasteiger partial charge in [0, 0.05) is 18.5 Å². The van der Waals surface area contributed by atoms with E-state index in [1.54, 1.807) is 12.1 Å². The molecular weight excluding hydrogens is 276 g/mol. The largest absolute Gasteiger partial charge is 0.379 e. The van der Waals surface area contributed by atoms with E-state index in [2.05, 4.69) is 5.43 Å². The Morgan fingerprint density at radius 3 is 2.80 bits per heavy atom. The van der Waals surface area contributed by atoms with E-state index in [0.29, 0.717) is 36.6 Å². The first-order chi connectivity index (χ1) is 9.74. The van der Waals surface area contributed by atoms with E-state index < -0.39 is 0 Å². The first-order valence-corrected chi connectivity index (χ1v) is 7.22. The predicted octanol–water partition coefficient (Wildman–Crippen LogP) is 1.24. The Kier molecular flexibility index (Phi) is 3.77. The zero-order chi connectivity index (χ0) is 13.9. The van der Waals surface area contributed by atoms with Gasteiger partial charge in [-0.05, 0) is 17.5 Å². The van der Waals surface area contributed by atoms with Gasteiger partial charge in [-0.2, -0.15) is 0 Å². The molecule has 3 rings (SSSR count). The molecule has 0 radical (unpaired) electrons. The lowest BCUT2D eigenvalue weighted by molar-refractivity contribution is 0.0127. The standard InChI is InChI=1S/C14H14N2O3S/c17-13(15-16-5-7-19-8-6-16)12-9-10-3-1-2-4-11(10)14(18)20-12/h1-4,9H,5-8H2,(H,15,17). The van der Waals surface area contributed by atoms with Crippen molar-refractivity contribution in [3.63, 3.8) is 0 Å². The van der Waals surface area contributed by atoms with E-state index in [4.69, 9.17) is 4.74 Å². The average Bonchev–Trinajstić information content (AvgIpc) is 2.48. The van der Waals surface area contributed by atoms with Gasteiger partial charge in [0.1, 0.15) is 0 Å². The lowest BCUT2D eigenvalue weighted by Gasteiger charge is -2.26. The fourth-order valence-corrected chi connectivity index (χ4v) is 2.94. The molecule has 2 heterocycles. The number of morpholine rings is 1. The summed E-state index contributed by atoms with van der Waals surface area (Å²) in [4.78, 5) is 24.6. The topological polar surface area (TPSA) is 58.6 Å². The maximum absolute atomic E-state index is 12.2. The second-order valence-corrected chi connectivity index (χ2v) is 5.54. The number of ether oxygens (including phenoxy) is 1. The fraction of sp³-hybridized carbons (Fsp3) is 0.286. The van der Waals surface area contributed by atoms with Crippen LogP contribution >= 0.6 is 11.3 Å². The van der Waals surface area contributed by atoms with Crippen LogP contribution in [0.5, 0.6) is 0 Å². The molecule has 2 aromatic rings. The van der Waals surface area contributed by atoms with Crippen molar-refractivity contribution in [3.05, 3.63) is 44.7 Å². The van der Waals surface area contributed by atoms with Crippen LogP contribution in [0.1, 0.15) is 9.67 Å². The van der Waals surface area contributed by atoms with Crippen LogP contribution in [0, 0.1) is 0 Å². The summed E-state index contributed by atoms with van der Waals surface area (Å²) >= 11 is 0.978. The van der Waals surface area contributed by atoms with E-state index in [9.17, 15) is 9.59 Å². The number of hydrogen-bond donors (Lipinski definition) is 1. The molecule has 20 heavy (non-hydrogen) atoms. The molecule has 0 unspecified atom stereocenters. The summed E-state index contributed by atoms with van der Waals surface area (Å²) in [7, 11) is 0. The molecule has 1 aliphatic rings. The van der Waals surface area contributed by atoms with Crippen LogP contribution in [0.25, 0.3) is 10.8 Å². The SMILES string of the molecule is O=C(NN1CCOCC1)c1cc2ccccc2c(=O)s1. The van der Waals surface area contributed by atoms with Gasteiger partial charge in [0.15, 0.2) is 0 Å². The third-order valence-corrected chi connectivity index (χ3v) is 4.09. The zero-order valence-corrected chi connectivity index (χ0v) is 11.6. The van der Waals surface area contributed by atoms with Crippen LogP contribution in [-0.4, -0.2) is 37.2 Å². The lowest BCUT2D eigenvalue weighted by Crippen LogP contribution is -2.48. The van der Waals surface area contributed by atoms with Gasteiger partial charge in [-0.3, -0.25) is 15.0 Å². The molecule has 1 aromatic carbocycles. The van der Waals surface area contributed by atoms with Crippen molar-refractivity contribution in [2.45, 2.75) is 0 Å². The molecule has 1 aliphatic heterocycles. The maximum Gasteiger partial charge on any atom is 0.275 e. The van der Waals surface area contributed by atoms with Gasteiger partial charge in [0.05, 0.1) is 18.1 Å². The summed E-state index contributed by atoms with van der Waals surface area (Å²) in [5.41, 5.74) is 2.81. The van der Waals surface area contributed by atoms with Crippen LogP contribution in [0.2, 0.25) is 0 Å². The van der Waals surface area contributed by atoms with Gasteiger partial charge < -0.3 is 4.74 Å². The number of benzene rings is 1. The number of rotatable bonds is 2. The highest BCUT2D eigenvalue weighted by molar-refractivity contribution is 7.12. The first-order valence-electron chi connectivity index (χ1n) is 6.40. The molecule has 1 N–H and O–H groups in total. The Morgan fingerprint density at radius 1 is 1.25 bits per heavy atom. The van der Waals surface area contributed by atoms with Crippen LogP contribution in [0.4, 0.5) is 0 Å². The van der Waals surface area contributed by atoms with E-state index in [-0.39, 0.29) is 10.6 Å². The molecule has 5 nitrogen and oxygen atoms in total. The molecule has 0 bridgehead atoms. The quantitative estimate of drug-likeness (QED) is 0.904. The minimum atomic E-state index is -0.236. The third kappa shape index (κ3) is 2.72. The van der Waals surface area contributed by atoms with Gasteiger partial charge in [-0.25, -0.2) is 5.01 Å². The van der Waals surface area contributed by atoms with Crippen molar-refractivity contribution in [1.82, 2.24) is 10.4 Å². The highest BCUT2D eigenvalue weighted by Gasteiger charge is 2.16. The highest BCUT2D eigenvalue weighted by Crippen LogP contribution is 2.15. The van der Waals surface area contributed by atoms with Gasteiger partial charge in [-0.15, -0.1) is 0 Å². The van der Waals surface area contributed by atoms with E-state index in [1.165, 1.54) is 0 Å². The Labute approximate surface area is 119 Å². The predicted molar refractivity (Wildman–Crippen MR) is 78.0 cm³/mol. The molecule has 1 aromatic heterocycles. The molecule has 0 spiro atoms. The maximum atomic E-state index is 12.2. The van der Waals surface area contributed by atoms with Crippen molar-refractivity contribution < 1.29 is 9.53 Å². The normalized spacial score (nSPS) is 16.2. The number of hydrogen-bond acceptors (Lipinski definition) is 5. The second kappa shape index (κ2) is 5.70. The van der Waals surface area contributed by atoms with Crippen molar-refractivity contribution in [1.29, 1.82) is 0 Å². The third-order valence-electron chi connectivity index (χ3n) is 3.16. The molecule has 1 amide bonds. The summed E-state index contributed by atoms with van der Waals surface area (Å²) in [5.74, 6) is -0.236. The van der Waals surface area contributed by atoms with Gasteiger partial charge in [-0.1, -0.05) is 29.5 Å². The van der Waals surface area contributed by atoms with Gasteiger partial charge in [0.25, 0.3) is 5.91 Å². The number of fused-ring (bicyclic) bond motifs is 1. The zero-order valence-electron chi connectivity index (χ0n) is 10.8. The monoisotopic (exact) mass is 290 g/mol. The van der Waals surface area contributed by atoms with Crippen LogP contribution < -0.4 is 10.2 Å². The van der Waals surface area contributed by atoms with Crippen LogP contribution in [0.15, 0.2) is 35.1 Å². The molecule has 104 valence electrons.